The standard InChI is InChI=1S/C19H23BClNO5/c1-18(2)19(3,4)27-20(26-18)14(10-16(23)24)13-9-11-8-12(25-5)6-7-15(11)22-17(13)21/h6-9,14H,10H2,1-5H3,(H,23,24). The summed E-state index contributed by atoms with van der Waals surface area (Å²) in [6.45, 7) is 7.71. The van der Waals surface area contributed by atoms with Crippen LogP contribution >= 0.6 is 11.6 Å². The summed E-state index contributed by atoms with van der Waals surface area (Å²) in [7, 11) is 0.844. The van der Waals surface area contributed by atoms with E-state index in [9.17, 15) is 9.90 Å². The minimum atomic E-state index is -0.962. The molecule has 6 nitrogen and oxygen atoms in total. The molecule has 1 atom stereocenters. The maximum Gasteiger partial charge on any atom is 0.466 e. The third-order valence-corrected chi connectivity index (χ3v) is 5.70. The van der Waals surface area contributed by atoms with Gasteiger partial charge in [-0.15, -0.1) is 0 Å². The quantitative estimate of drug-likeness (QED) is 0.611. The van der Waals surface area contributed by atoms with Gasteiger partial charge in [0.2, 0.25) is 0 Å². The van der Waals surface area contributed by atoms with Crippen LogP contribution < -0.4 is 4.74 Å². The zero-order valence-corrected chi connectivity index (χ0v) is 16.8. The maximum atomic E-state index is 11.5. The van der Waals surface area contributed by atoms with Gasteiger partial charge in [-0.3, -0.25) is 4.79 Å². The normalized spacial score (nSPS) is 19.3. The Balaban J connectivity index is 2.07. The molecule has 0 radical (unpaired) electrons. The highest BCUT2D eigenvalue weighted by Gasteiger charge is 2.54. The highest BCUT2D eigenvalue weighted by molar-refractivity contribution is 6.48. The summed E-state index contributed by atoms with van der Waals surface area (Å²) in [5, 5.41) is 10.5. The Morgan fingerprint density at radius 3 is 2.44 bits per heavy atom. The van der Waals surface area contributed by atoms with E-state index in [0.29, 0.717) is 16.8 Å². The zero-order chi connectivity index (χ0) is 20.0. The van der Waals surface area contributed by atoms with E-state index in [4.69, 9.17) is 25.6 Å². The zero-order valence-electron chi connectivity index (χ0n) is 16.1. The van der Waals surface area contributed by atoms with Crippen molar-refractivity contribution >= 4 is 35.6 Å². The Labute approximate surface area is 163 Å². The topological polar surface area (TPSA) is 77.9 Å². The fraction of sp³-hybridized carbons (Fsp3) is 0.474. The number of ether oxygens (including phenoxy) is 1. The number of hydrogen-bond acceptors (Lipinski definition) is 5. The maximum absolute atomic E-state index is 11.5. The van der Waals surface area contributed by atoms with Crippen LogP contribution in [0, 0.1) is 0 Å². The van der Waals surface area contributed by atoms with Crippen LogP contribution in [-0.2, 0) is 14.1 Å². The van der Waals surface area contributed by atoms with Gasteiger partial charge >= 0.3 is 13.1 Å². The molecule has 1 unspecified atom stereocenters. The van der Waals surface area contributed by atoms with Gasteiger partial charge in [0.25, 0.3) is 0 Å². The summed E-state index contributed by atoms with van der Waals surface area (Å²) in [5.74, 6) is -0.876. The van der Waals surface area contributed by atoms with Crippen LogP contribution in [-0.4, -0.2) is 41.5 Å². The van der Waals surface area contributed by atoms with Crippen molar-refractivity contribution in [3.8, 4) is 5.75 Å². The largest absolute Gasteiger partial charge is 0.497 e. The molecular formula is C19H23BClNO5. The van der Waals surface area contributed by atoms with Crippen molar-refractivity contribution < 1.29 is 23.9 Å². The van der Waals surface area contributed by atoms with Crippen LogP contribution in [0.1, 0.15) is 45.5 Å². The Kier molecular flexibility index (Phi) is 5.14. The van der Waals surface area contributed by atoms with Crippen LogP contribution in [0.2, 0.25) is 5.15 Å². The number of rotatable bonds is 5. The van der Waals surface area contributed by atoms with Gasteiger partial charge in [0.15, 0.2) is 0 Å². The molecule has 0 amide bonds. The van der Waals surface area contributed by atoms with Crippen molar-refractivity contribution in [1.29, 1.82) is 0 Å². The van der Waals surface area contributed by atoms with E-state index in [-0.39, 0.29) is 11.6 Å². The van der Waals surface area contributed by atoms with Crippen molar-refractivity contribution in [3.05, 3.63) is 35.0 Å². The summed E-state index contributed by atoms with van der Waals surface area (Å²) >= 11 is 6.43. The fourth-order valence-corrected chi connectivity index (χ4v) is 3.41. The second-order valence-electron chi connectivity index (χ2n) is 7.76. The summed E-state index contributed by atoms with van der Waals surface area (Å²) in [6, 6.07) is 7.29. The second kappa shape index (κ2) is 6.97. The first-order valence-electron chi connectivity index (χ1n) is 8.76. The molecule has 2 aromatic rings. The molecule has 0 saturated carbocycles. The Morgan fingerprint density at radius 2 is 1.89 bits per heavy atom. The first-order chi connectivity index (χ1) is 12.5. The van der Waals surface area contributed by atoms with Gasteiger partial charge in [-0.1, -0.05) is 11.6 Å². The number of hydrogen-bond donors (Lipinski definition) is 1. The highest BCUT2D eigenvalue weighted by atomic mass is 35.5. The van der Waals surface area contributed by atoms with E-state index in [1.807, 2.05) is 45.9 Å². The summed E-state index contributed by atoms with van der Waals surface area (Å²) in [6.07, 6.45) is -0.187. The number of carboxylic acids is 1. The SMILES string of the molecule is COc1ccc2nc(Cl)c(C(CC(=O)O)B3OC(C)(C)C(C)(C)O3)cc2c1. The van der Waals surface area contributed by atoms with Crippen molar-refractivity contribution in [2.45, 2.75) is 51.1 Å². The van der Waals surface area contributed by atoms with Crippen molar-refractivity contribution in [3.63, 3.8) is 0 Å². The predicted molar refractivity (Wildman–Crippen MR) is 104 cm³/mol. The third kappa shape index (κ3) is 3.77. The molecule has 144 valence electrons. The molecule has 0 aliphatic carbocycles. The molecule has 1 fully saturated rings. The molecule has 8 heteroatoms. The van der Waals surface area contributed by atoms with Crippen molar-refractivity contribution in [2.24, 2.45) is 0 Å². The Morgan fingerprint density at radius 1 is 1.26 bits per heavy atom. The number of nitrogens with zero attached hydrogens (tertiary/aromatic N) is 1. The number of methoxy groups -OCH3 is 1. The van der Waals surface area contributed by atoms with Crippen LogP contribution in [0.15, 0.2) is 24.3 Å². The molecule has 3 rings (SSSR count). The minimum absolute atomic E-state index is 0.187. The van der Waals surface area contributed by atoms with Crippen LogP contribution in [0.5, 0.6) is 5.75 Å². The van der Waals surface area contributed by atoms with Crippen LogP contribution in [0.4, 0.5) is 0 Å². The van der Waals surface area contributed by atoms with E-state index in [2.05, 4.69) is 4.98 Å². The van der Waals surface area contributed by atoms with E-state index in [1.54, 1.807) is 13.2 Å². The third-order valence-electron chi connectivity index (χ3n) is 5.40. The molecular weight excluding hydrogens is 368 g/mol. The van der Waals surface area contributed by atoms with Crippen LogP contribution in [0.3, 0.4) is 0 Å². The average molecular weight is 392 g/mol. The number of carbonyl (C=O) groups is 1. The number of fused-ring (bicyclic) bond motifs is 1. The lowest BCUT2D eigenvalue weighted by Gasteiger charge is -2.32. The summed E-state index contributed by atoms with van der Waals surface area (Å²) < 4.78 is 17.5. The van der Waals surface area contributed by atoms with Gasteiger partial charge in [0.1, 0.15) is 10.9 Å². The lowest BCUT2D eigenvalue weighted by atomic mass is 9.66. The number of benzene rings is 1. The lowest BCUT2D eigenvalue weighted by molar-refractivity contribution is -0.137. The predicted octanol–water partition coefficient (Wildman–Crippen LogP) is 4.09. The van der Waals surface area contributed by atoms with Gasteiger partial charge < -0.3 is 19.2 Å². The molecule has 1 aromatic carbocycles. The lowest BCUT2D eigenvalue weighted by Crippen LogP contribution is -2.41. The van der Waals surface area contributed by atoms with Gasteiger partial charge in [0, 0.05) is 11.2 Å². The first kappa shape index (κ1) is 19.9. The molecule has 0 spiro atoms. The molecule has 2 heterocycles. The van der Waals surface area contributed by atoms with Gasteiger partial charge in [-0.25, -0.2) is 4.98 Å². The first-order valence-corrected chi connectivity index (χ1v) is 9.13. The summed E-state index contributed by atoms with van der Waals surface area (Å²) in [5.41, 5.74) is 0.133. The number of aromatic nitrogens is 1. The molecule has 1 N–H and O–H groups in total. The second-order valence-corrected chi connectivity index (χ2v) is 8.11. The van der Waals surface area contributed by atoms with Crippen molar-refractivity contribution in [1.82, 2.24) is 4.98 Å². The van der Waals surface area contributed by atoms with Gasteiger partial charge in [-0.2, -0.15) is 0 Å². The fourth-order valence-electron chi connectivity index (χ4n) is 3.13. The molecule has 1 aliphatic heterocycles. The minimum Gasteiger partial charge on any atom is -0.497 e. The monoisotopic (exact) mass is 391 g/mol. The molecule has 1 saturated heterocycles. The molecule has 27 heavy (non-hydrogen) atoms. The Bertz CT molecular complexity index is 870. The number of aliphatic carboxylic acids is 1. The van der Waals surface area contributed by atoms with Crippen molar-refractivity contribution in [2.75, 3.05) is 7.11 Å². The smallest absolute Gasteiger partial charge is 0.466 e. The van der Waals surface area contributed by atoms with Crippen LogP contribution in [0.25, 0.3) is 10.9 Å². The van der Waals surface area contributed by atoms with E-state index < -0.39 is 30.1 Å². The number of carboxylic acid groups (broad SMARTS) is 1. The number of pyridine rings is 1. The van der Waals surface area contributed by atoms with Gasteiger partial charge in [0.05, 0.1) is 30.2 Å². The molecule has 0 bridgehead atoms. The summed E-state index contributed by atoms with van der Waals surface area (Å²) in [4.78, 5) is 16.0. The molecule has 1 aliphatic rings. The van der Waals surface area contributed by atoms with E-state index >= 15 is 0 Å². The Hall–Kier alpha value is -1.83. The number of halogens is 1. The average Bonchev–Trinajstić information content (AvgIpc) is 2.79. The highest BCUT2D eigenvalue weighted by Crippen LogP contribution is 2.43. The van der Waals surface area contributed by atoms with Gasteiger partial charge in [-0.05, 0) is 57.5 Å². The molecule has 1 aromatic heterocycles. The van der Waals surface area contributed by atoms with E-state index in [1.165, 1.54) is 0 Å². The van der Waals surface area contributed by atoms with E-state index in [0.717, 1.165) is 5.39 Å².